The van der Waals surface area contributed by atoms with Gasteiger partial charge in [-0.15, -0.1) is 0 Å². The van der Waals surface area contributed by atoms with Gasteiger partial charge >= 0.3 is 0 Å². The summed E-state index contributed by atoms with van der Waals surface area (Å²) < 4.78 is 7.17. The number of hydrogen-bond acceptors (Lipinski definition) is 6. The van der Waals surface area contributed by atoms with Gasteiger partial charge in [-0.05, 0) is 31.0 Å². The zero-order valence-electron chi connectivity index (χ0n) is 14.8. The van der Waals surface area contributed by atoms with E-state index in [2.05, 4.69) is 20.4 Å². The Kier molecular flexibility index (Phi) is 4.16. The van der Waals surface area contributed by atoms with Gasteiger partial charge in [0.1, 0.15) is 17.9 Å². The summed E-state index contributed by atoms with van der Waals surface area (Å²) >= 11 is 0. The molecule has 0 unspecified atom stereocenters. The molecule has 2 aromatic heterocycles. The zero-order valence-corrected chi connectivity index (χ0v) is 14.8. The second kappa shape index (κ2) is 6.62. The summed E-state index contributed by atoms with van der Waals surface area (Å²) in [6.45, 7) is 0.707. The zero-order chi connectivity index (χ0) is 18.1. The summed E-state index contributed by atoms with van der Waals surface area (Å²) in [5.74, 6) is 1.48. The number of hydrogen-bond donors (Lipinski definition) is 1. The van der Waals surface area contributed by atoms with Crippen LogP contribution in [0.25, 0.3) is 11.0 Å². The first-order chi connectivity index (χ1) is 12.7. The highest BCUT2D eigenvalue weighted by Gasteiger charge is 2.23. The minimum absolute atomic E-state index is 0.128. The third-order valence-electron chi connectivity index (χ3n) is 4.59. The van der Waals surface area contributed by atoms with E-state index in [0.717, 1.165) is 35.2 Å². The molecule has 0 atom stereocenters. The summed E-state index contributed by atoms with van der Waals surface area (Å²) in [6.07, 6.45) is 5.74. The number of nitrogens with one attached hydrogen (secondary N) is 1. The third-order valence-corrected chi connectivity index (χ3v) is 4.59. The van der Waals surface area contributed by atoms with Crippen molar-refractivity contribution in [2.45, 2.75) is 19.3 Å². The summed E-state index contributed by atoms with van der Waals surface area (Å²) in [6, 6.07) is 5.69. The van der Waals surface area contributed by atoms with Crippen molar-refractivity contribution >= 4 is 34.1 Å². The molecule has 3 heterocycles. The molecular formula is C18H20N6O2. The first-order valence-electron chi connectivity index (χ1n) is 8.55. The van der Waals surface area contributed by atoms with Crippen molar-refractivity contribution in [1.82, 2.24) is 19.7 Å². The minimum Gasteiger partial charge on any atom is -0.495 e. The number of methoxy groups -OCH3 is 1. The third kappa shape index (κ3) is 2.83. The van der Waals surface area contributed by atoms with Gasteiger partial charge < -0.3 is 15.0 Å². The number of aryl methyl sites for hydroxylation is 1. The fourth-order valence-electron chi connectivity index (χ4n) is 3.24. The van der Waals surface area contributed by atoms with E-state index < -0.39 is 0 Å². The molecule has 1 aliphatic rings. The lowest BCUT2D eigenvalue weighted by atomic mass is 10.1. The number of anilines is 3. The van der Waals surface area contributed by atoms with Crippen LogP contribution in [0.1, 0.15) is 19.3 Å². The smallest absolute Gasteiger partial charge is 0.227 e. The first-order valence-corrected chi connectivity index (χ1v) is 8.55. The molecule has 0 bridgehead atoms. The predicted molar refractivity (Wildman–Crippen MR) is 98.8 cm³/mol. The van der Waals surface area contributed by atoms with Gasteiger partial charge in [0.05, 0.1) is 24.4 Å². The normalized spacial score (nSPS) is 14.7. The van der Waals surface area contributed by atoms with Gasteiger partial charge in [0.15, 0.2) is 5.65 Å². The van der Waals surface area contributed by atoms with Gasteiger partial charge in [0.25, 0.3) is 0 Å². The summed E-state index contributed by atoms with van der Waals surface area (Å²) in [7, 11) is 3.45. The maximum absolute atomic E-state index is 12.3. The van der Waals surface area contributed by atoms with Gasteiger partial charge in [-0.25, -0.2) is 9.97 Å². The Bertz CT molecular complexity index is 967. The number of benzene rings is 1. The van der Waals surface area contributed by atoms with E-state index in [9.17, 15) is 4.79 Å². The monoisotopic (exact) mass is 352 g/mol. The van der Waals surface area contributed by atoms with Gasteiger partial charge in [-0.3, -0.25) is 9.48 Å². The molecule has 8 heteroatoms. The maximum atomic E-state index is 12.3. The standard InChI is InChI=1S/C18H20N6O2/c1-23-18-13(10-21-23)17(19-11-20-18)22-12-6-7-15(26-2)14(9-12)24-8-4-3-5-16(24)25/h6-7,9-11H,3-5,8H2,1-2H3,(H,19,20,22). The second-order valence-corrected chi connectivity index (χ2v) is 6.24. The Morgan fingerprint density at radius 1 is 1.23 bits per heavy atom. The van der Waals surface area contributed by atoms with Crippen LogP contribution in [0.3, 0.4) is 0 Å². The molecule has 1 fully saturated rings. The summed E-state index contributed by atoms with van der Waals surface area (Å²) in [5, 5.41) is 8.37. The number of amides is 1. The van der Waals surface area contributed by atoms with Gasteiger partial charge in [-0.2, -0.15) is 5.10 Å². The van der Waals surface area contributed by atoms with Crippen LogP contribution in [0, 0.1) is 0 Å². The Balaban J connectivity index is 1.71. The summed E-state index contributed by atoms with van der Waals surface area (Å²) in [4.78, 5) is 22.7. The van der Waals surface area contributed by atoms with E-state index in [1.54, 1.807) is 22.9 Å². The summed E-state index contributed by atoms with van der Waals surface area (Å²) in [5.41, 5.74) is 2.35. The number of fused-ring (bicyclic) bond motifs is 1. The Morgan fingerprint density at radius 3 is 2.92 bits per heavy atom. The molecule has 1 aromatic carbocycles. The van der Waals surface area contributed by atoms with E-state index in [4.69, 9.17) is 4.74 Å². The molecule has 4 rings (SSSR count). The Morgan fingerprint density at radius 2 is 2.12 bits per heavy atom. The fourth-order valence-corrected chi connectivity index (χ4v) is 3.24. The minimum atomic E-state index is 0.128. The molecule has 0 saturated carbocycles. The number of aromatic nitrogens is 4. The van der Waals surface area contributed by atoms with Crippen molar-refractivity contribution in [3.05, 3.63) is 30.7 Å². The van der Waals surface area contributed by atoms with E-state index in [0.29, 0.717) is 24.5 Å². The van der Waals surface area contributed by atoms with Crippen molar-refractivity contribution in [1.29, 1.82) is 0 Å². The number of ether oxygens (including phenoxy) is 1. The maximum Gasteiger partial charge on any atom is 0.227 e. The van der Waals surface area contributed by atoms with Crippen LogP contribution in [0.15, 0.2) is 30.7 Å². The van der Waals surface area contributed by atoms with E-state index in [1.165, 1.54) is 6.33 Å². The van der Waals surface area contributed by atoms with E-state index in [-0.39, 0.29) is 5.91 Å². The van der Waals surface area contributed by atoms with E-state index >= 15 is 0 Å². The average Bonchev–Trinajstić information content (AvgIpc) is 3.04. The molecule has 0 radical (unpaired) electrons. The molecule has 1 N–H and O–H groups in total. The number of nitrogens with zero attached hydrogens (tertiary/aromatic N) is 5. The molecular weight excluding hydrogens is 332 g/mol. The molecule has 134 valence electrons. The average molecular weight is 352 g/mol. The van der Waals surface area contributed by atoms with Crippen molar-refractivity contribution in [2.75, 3.05) is 23.9 Å². The highest BCUT2D eigenvalue weighted by Crippen LogP contribution is 2.35. The van der Waals surface area contributed by atoms with Crippen molar-refractivity contribution in [2.24, 2.45) is 7.05 Å². The number of carbonyl (C=O) groups is 1. The van der Waals surface area contributed by atoms with Crippen molar-refractivity contribution in [3.8, 4) is 5.75 Å². The molecule has 1 saturated heterocycles. The van der Waals surface area contributed by atoms with Crippen LogP contribution in [0.2, 0.25) is 0 Å². The van der Waals surface area contributed by atoms with Crippen LogP contribution < -0.4 is 15.0 Å². The van der Waals surface area contributed by atoms with Crippen molar-refractivity contribution in [3.63, 3.8) is 0 Å². The molecule has 26 heavy (non-hydrogen) atoms. The molecule has 0 aliphatic carbocycles. The Hall–Kier alpha value is -3.16. The van der Waals surface area contributed by atoms with Crippen LogP contribution in [-0.4, -0.2) is 39.3 Å². The van der Waals surface area contributed by atoms with Crippen LogP contribution in [0.4, 0.5) is 17.2 Å². The fraction of sp³-hybridized carbons (Fsp3) is 0.333. The van der Waals surface area contributed by atoms with Crippen LogP contribution in [-0.2, 0) is 11.8 Å². The number of rotatable bonds is 4. The topological polar surface area (TPSA) is 85.2 Å². The quantitative estimate of drug-likeness (QED) is 0.777. The predicted octanol–water partition coefficient (Wildman–Crippen LogP) is 2.63. The molecule has 0 spiro atoms. The lowest BCUT2D eigenvalue weighted by Gasteiger charge is -2.28. The SMILES string of the molecule is COc1ccc(Nc2ncnc3c2cnn3C)cc1N1CCCCC1=O. The second-order valence-electron chi connectivity index (χ2n) is 6.24. The molecule has 1 aliphatic heterocycles. The Labute approximate surface area is 150 Å². The van der Waals surface area contributed by atoms with Crippen LogP contribution >= 0.6 is 0 Å². The lowest BCUT2D eigenvalue weighted by Crippen LogP contribution is -2.35. The molecule has 3 aromatic rings. The van der Waals surface area contributed by atoms with E-state index in [1.807, 2.05) is 25.2 Å². The number of carbonyl (C=O) groups excluding carboxylic acids is 1. The lowest BCUT2D eigenvalue weighted by molar-refractivity contribution is -0.119. The number of piperidine rings is 1. The highest BCUT2D eigenvalue weighted by molar-refractivity contribution is 5.96. The molecule has 1 amide bonds. The van der Waals surface area contributed by atoms with Gasteiger partial charge in [0.2, 0.25) is 5.91 Å². The van der Waals surface area contributed by atoms with Crippen molar-refractivity contribution < 1.29 is 9.53 Å². The first kappa shape index (κ1) is 16.3. The van der Waals surface area contributed by atoms with Gasteiger partial charge in [0, 0.05) is 25.7 Å². The largest absolute Gasteiger partial charge is 0.495 e. The highest BCUT2D eigenvalue weighted by atomic mass is 16.5. The molecule has 8 nitrogen and oxygen atoms in total. The van der Waals surface area contributed by atoms with Crippen LogP contribution in [0.5, 0.6) is 5.75 Å². The van der Waals surface area contributed by atoms with Gasteiger partial charge in [-0.1, -0.05) is 0 Å².